The maximum absolute atomic E-state index is 12.8. The third-order valence-electron chi connectivity index (χ3n) is 4.96. The van der Waals surface area contributed by atoms with E-state index >= 15 is 0 Å². The summed E-state index contributed by atoms with van der Waals surface area (Å²) in [7, 11) is 0. The van der Waals surface area contributed by atoms with Crippen molar-refractivity contribution in [1.29, 1.82) is 0 Å². The zero-order chi connectivity index (χ0) is 19.7. The second-order valence-corrected chi connectivity index (χ2v) is 6.87. The first-order chi connectivity index (χ1) is 13.5. The van der Waals surface area contributed by atoms with E-state index in [0.717, 1.165) is 22.2 Å². The van der Waals surface area contributed by atoms with Gasteiger partial charge < -0.3 is 19.5 Å². The third kappa shape index (κ3) is 3.53. The molecule has 2 aromatic heterocycles. The quantitative estimate of drug-likeness (QED) is 0.739. The number of fused-ring (bicyclic) bond motifs is 1. The molecule has 28 heavy (non-hydrogen) atoms. The van der Waals surface area contributed by atoms with E-state index in [2.05, 4.69) is 15.0 Å². The van der Waals surface area contributed by atoms with E-state index in [9.17, 15) is 9.59 Å². The molecule has 0 spiro atoms. The van der Waals surface area contributed by atoms with Gasteiger partial charge in [-0.1, -0.05) is 0 Å². The molecular weight excluding hydrogens is 358 g/mol. The highest BCUT2D eigenvalue weighted by molar-refractivity contribution is 5.94. The number of benzene rings is 1. The summed E-state index contributed by atoms with van der Waals surface area (Å²) < 4.78 is 5.30. The Morgan fingerprint density at radius 1 is 1.07 bits per heavy atom. The van der Waals surface area contributed by atoms with Gasteiger partial charge in [-0.05, 0) is 49.2 Å². The number of aryl methyl sites for hydroxylation is 2. The lowest BCUT2D eigenvalue weighted by atomic mass is 10.1. The zero-order valence-electron chi connectivity index (χ0n) is 15.8. The minimum Gasteiger partial charge on any atom is -0.409 e. The van der Waals surface area contributed by atoms with Crippen molar-refractivity contribution in [2.75, 3.05) is 26.2 Å². The van der Waals surface area contributed by atoms with Crippen LogP contribution in [0.4, 0.5) is 4.79 Å². The van der Waals surface area contributed by atoms with Crippen molar-refractivity contribution in [3.05, 3.63) is 53.6 Å². The van der Waals surface area contributed by atoms with E-state index in [1.54, 1.807) is 28.1 Å². The molecule has 1 saturated heterocycles. The molecule has 8 heteroatoms. The second-order valence-electron chi connectivity index (χ2n) is 6.87. The first-order valence-electron chi connectivity index (χ1n) is 9.14. The summed E-state index contributed by atoms with van der Waals surface area (Å²) in [4.78, 5) is 39.8. The Labute approximate surface area is 162 Å². The first-order valence-corrected chi connectivity index (χ1v) is 9.14. The average molecular weight is 379 g/mol. The van der Waals surface area contributed by atoms with Crippen LogP contribution in [0.2, 0.25) is 0 Å². The Bertz CT molecular complexity index is 984. The first kappa shape index (κ1) is 18.0. The van der Waals surface area contributed by atoms with Crippen molar-refractivity contribution in [1.82, 2.24) is 24.8 Å². The summed E-state index contributed by atoms with van der Waals surface area (Å²) in [5.74, 6) is 0.567. The van der Waals surface area contributed by atoms with Gasteiger partial charge in [-0.25, -0.2) is 9.78 Å². The van der Waals surface area contributed by atoms with Gasteiger partial charge in [-0.2, -0.15) is 0 Å². The van der Waals surface area contributed by atoms with Gasteiger partial charge in [0.2, 0.25) is 0 Å². The highest BCUT2D eigenvalue weighted by atomic mass is 16.6. The number of aromatic nitrogens is 3. The number of aromatic amines is 1. The monoisotopic (exact) mass is 379 g/mol. The number of hydrogen-bond acceptors (Lipinski definition) is 5. The van der Waals surface area contributed by atoms with Crippen LogP contribution < -0.4 is 4.74 Å². The summed E-state index contributed by atoms with van der Waals surface area (Å²) in [5, 5.41) is 0. The van der Waals surface area contributed by atoms with Crippen LogP contribution in [-0.4, -0.2) is 62.9 Å². The Kier molecular flexibility index (Phi) is 4.68. The van der Waals surface area contributed by atoms with Crippen molar-refractivity contribution in [2.24, 2.45) is 0 Å². The molecule has 0 atom stereocenters. The molecule has 4 rings (SSSR count). The standard InChI is InChI=1S/C20H21N5O3/c1-13-10-16-17(11-14(13)2)23-18(22-16)19(26)24-6-8-25(9-7-24)20(27)28-15-4-3-5-21-12-15/h3-5,10-12H,6-9H2,1-2H3,(H,22,23). The molecular formula is C20H21N5O3. The van der Waals surface area contributed by atoms with Crippen LogP contribution in [0, 0.1) is 13.8 Å². The number of nitrogens with zero attached hydrogens (tertiary/aromatic N) is 4. The highest BCUT2D eigenvalue weighted by Gasteiger charge is 2.27. The maximum Gasteiger partial charge on any atom is 0.415 e. The van der Waals surface area contributed by atoms with Crippen molar-refractivity contribution >= 4 is 23.0 Å². The topological polar surface area (TPSA) is 91.4 Å². The molecule has 2 amide bonds. The van der Waals surface area contributed by atoms with Crippen molar-refractivity contribution in [3.8, 4) is 5.75 Å². The number of pyridine rings is 1. The van der Waals surface area contributed by atoms with Crippen LogP contribution in [-0.2, 0) is 0 Å². The van der Waals surface area contributed by atoms with Crippen LogP contribution in [0.15, 0.2) is 36.7 Å². The van der Waals surface area contributed by atoms with E-state index in [-0.39, 0.29) is 5.91 Å². The number of rotatable bonds is 2. The number of imidazole rings is 1. The number of ether oxygens (including phenoxy) is 1. The molecule has 1 aliphatic heterocycles. The van der Waals surface area contributed by atoms with E-state index in [1.165, 1.54) is 6.20 Å². The molecule has 0 unspecified atom stereocenters. The van der Waals surface area contributed by atoms with Crippen molar-refractivity contribution in [3.63, 3.8) is 0 Å². The second kappa shape index (κ2) is 7.30. The fourth-order valence-corrected chi connectivity index (χ4v) is 3.19. The van der Waals surface area contributed by atoms with E-state index in [4.69, 9.17) is 4.74 Å². The molecule has 3 aromatic rings. The number of hydrogen-bond donors (Lipinski definition) is 1. The van der Waals surface area contributed by atoms with E-state index in [0.29, 0.717) is 37.8 Å². The summed E-state index contributed by atoms with van der Waals surface area (Å²) in [6.07, 6.45) is 2.67. The number of amides is 2. The number of nitrogens with one attached hydrogen (secondary N) is 1. The van der Waals surface area contributed by atoms with Crippen LogP contribution in [0.1, 0.15) is 21.7 Å². The van der Waals surface area contributed by atoms with Gasteiger partial charge in [0.1, 0.15) is 0 Å². The lowest BCUT2D eigenvalue weighted by Crippen LogP contribution is -2.51. The van der Waals surface area contributed by atoms with Crippen molar-refractivity contribution in [2.45, 2.75) is 13.8 Å². The molecule has 3 heterocycles. The lowest BCUT2D eigenvalue weighted by molar-refractivity contribution is 0.0623. The van der Waals surface area contributed by atoms with Crippen molar-refractivity contribution < 1.29 is 14.3 Å². The van der Waals surface area contributed by atoms with Gasteiger partial charge in [0.05, 0.1) is 17.2 Å². The molecule has 1 N–H and O–H groups in total. The summed E-state index contributed by atoms with van der Waals surface area (Å²) in [6, 6.07) is 7.36. The minimum absolute atomic E-state index is 0.160. The molecule has 1 aromatic carbocycles. The van der Waals surface area contributed by atoms with Gasteiger partial charge in [0, 0.05) is 32.4 Å². The van der Waals surface area contributed by atoms with Crippen LogP contribution >= 0.6 is 0 Å². The predicted molar refractivity (Wildman–Crippen MR) is 103 cm³/mol. The number of carbonyl (C=O) groups is 2. The van der Waals surface area contributed by atoms with E-state index < -0.39 is 6.09 Å². The number of piperazine rings is 1. The summed E-state index contributed by atoms with van der Waals surface area (Å²) in [5.41, 5.74) is 3.92. The molecule has 8 nitrogen and oxygen atoms in total. The molecule has 144 valence electrons. The fraction of sp³-hybridized carbons (Fsp3) is 0.300. The molecule has 1 fully saturated rings. The lowest BCUT2D eigenvalue weighted by Gasteiger charge is -2.33. The smallest absolute Gasteiger partial charge is 0.409 e. The number of carbonyl (C=O) groups excluding carboxylic acids is 2. The highest BCUT2D eigenvalue weighted by Crippen LogP contribution is 2.18. The summed E-state index contributed by atoms with van der Waals surface area (Å²) in [6.45, 7) is 5.72. The van der Waals surface area contributed by atoms with Gasteiger partial charge in [0.25, 0.3) is 5.91 Å². The molecule has 1 aliphatic rings. The number of H-pyrrole nitrogens is 1. The molecule has 0 radical (unpaired) electrons. The zero-order valence-corrected chi connectivity index (χ0v) is 15.8. The Morgan fingerprint density at radius 3 is 2.50 bits per heavy atom. The minimum atomic E-state index is -0.435. The van der Waals surface area contributed by atoms with Gasteiger partial charge in [0.15, 0.2) is 11.6 Å². The molecule has 0 bridgehead atoms. The SMILES string of the molecule is Cc1cc2nc(C(=O)N3CCN(C(=O)Oc4cccnc4)CC3)[nH]c2cc1C. The third-order valence-corrected chi connectivity index (χ3v) is 4.96. The largest absolute Gasteiger partial charge is 0.415 e. The maximum atomic E-state index is 12.8. The van der Waals surface area contributed by atoms with Crippen LogP contribution in [0.3, 0.4) is 0 Å². The fourth-order valence-electron chi connectivity index (χ4n) is 3.19. The van der Waals surface area contributed by atoms with Gasteiger partial charge in [-0.15, -0.1) is 0 Å². The normalized spacial score (nSPS) is 14.4. The molecule has 0 saturated carbocycles. The van der Waals surface area contributed by atoms with Gasteiger partial charge in [-0.3, -0.25) is 9.78 Å². The van der Waals surface area contributed by atoms with Crippen LogP contribution in [0.5, 0.6) is 5.75 Å². The Morgan fingerprint density at radius 2 is 1.79 bits per heavy atom. The summed E-state index contributed by atoms with van der Waals surface area (Å²) >= 11 is 0. The van der Waals surface area contributed by atoms with Gasteiger partial charge >= 0.3 is 6.09 Å². The van der Waals surface area contributed by atoms with E-state index in [1.807, 2.05) is 26.0 Å². The average Bonchev–Trinajstić information content (AvgIpc) is 3.11. The Hall–Kier alpha value is -3.42. The predicted octanol–water partition coefficient (Wildman–Crippen LogP) is 2.53. The Balaban J connectivity index is 1.39. The van der Waals surface area contributed by atoms with Crippen LogP contribution in [0.25, 0.3) is 11.0 Å². The molecule has 0 aliphatic carbocycles.